The zero-order chi connectivity index (χ0) is 19.7. The number of aryl methyl sites for hydroxylation is 1. The summed E-state index contributed by atoms with van der Waals surface area (Å²) < 4.78 is 15.3. The maximum absolute atomic E-state index is 12.8. The molecule has 1 atom stereocenters. The minimum absolute atomic E-state index is 0.550. The summed E-state index contributed by atoms with van der Waals surface area (Å²) in [4.78, 5) is 13.7. The molecule has 144 valence electrons. The van der Waals surface area contributed by atoms with Gasteiger partial charge in [-0.3, -0.25) is 4.68 Å². The quantitative estimate of drug-likeness (QED) is 0.485. The lowest BCUT2D eigenvalue weighted by Gasteiger charge is -2.09. The first-order valence-electron chi connectivity index (χ1n) is 8.95. The number of fused-ring (bicyclic) bond motifs is 1. The molecule has 4 heterocycles. The number of hydrogen-bond donors (Lipinski definition) is 1. The maximum atomic E-state index is 12.8. The zero-order valence-corrected chi connectivity index (χ0v) is 17.3. The van der Waals surface area contributed by atoms with Crippen LogP contribution in [0.1, 0.15) is 19.8 Å². The summed E-state index contributed by atoms with van der Waals surface area (Å²) in [6, 6.07) is 3.91. The minimum atomic E-state index is -1.13. The van der Waals surface area contributed by atoms with E-state index in [2.05, 4.69) is 22.0 Å². The van der Waals surface area contributed by atoms with Crippen LogP contribution in [0.2, 0.25) is 0 Å². The molecule has 0 spiro atoms. The Kier molecular flexibility index (Phi) is 5.29. The van der Waals surface area contributed by atoms with Gasteiger partial charge in [-0.2, -0.15) is 5.10 Å². The summed E-state index contributed by atoms with van der Waals surface area (Å²) in [6.45, 7) is 2.09. The second-order valence-electron chi connectivity index (χ2n) is 6.41. The van der Waals surface area contributed by atoms with Crippen molar-refractivity contribution in [3.8, 4) is 22.5 Å². The van der Waals surface area contributed by atoms with Gasteiger partial charge < -0.3 is 10.3 Å². The molecule has 0 amide bonds. The lowest BCUT2D eigenvalue weighted by Crippen LogP contribution is -2.07. The van der Waals surface area contributed by atoms with E-state index in [1.807, 2.05) is 19.2 Å². The third-order valence-corrected chi connectivity index (χ3v) is 7.50. The lowest BCUT2D eigenvalue weighted by atomic mass is 10.1. The minimum Gasteiger partial charge on any atom is -0.611 e. The number of nitrogens with two attached hydrogens (primary N) is 1. The molecular formula is C19H20N6OS2. The number of nitrogens with zero attached hydrogens (tertiary/aromatic N) is 5. The van der Waals surface area contributed by atoms with E-state index in [0.29, 0.717) is 15.6 Å². The largest absolute Gasteiger partial charge is 0.611 e. The van der Waals surface area contributed by atoms with Crippen molar-refractivity contribution in [3.63, 3.8) is 0 Å². The highest BCUT2D eigenvalue weighted by molar-refractivity contribution is 7.93. The number of nitrogen functional groups attached to an aromatic ring is 1. The van der Waals surface area contributed by atoms with Crippen molar-refractivity contribution in [2.24, 2.45) is 7.05 Å². The van der Waals surface area contributed by atoms with Crippen molar-refractivity contribution in [2.45, 2.75) is 24.0 Å². The third kappa shape index (κ3) is 3.36. The fourth-order valence-electron chi connectivity index (χ4n) is 3.06. The smallest absolute Gasteiger partial charge is 0.232 e. The molecule has 1 unspecified atom stereocenters. The summed E-state index contributed by atoms with van der Waals surface area (Å²) in [5.74, 6) is 0.605. The van der Waals surface area contributed by atoms with E-state index in [4.69, 9.17) is 10.7 Å². The molecule has 4 rings (SSSR count). The van der Waals surface area contributed by atoms with E-state index in [1.54, 1.807) is 23.3 Å². The SMILES string of the molecule is CCCC[S+]([O-])c1sc2nc(-c3cncnc3)cc(-c3ccnn3C)c2c1N. The van der Waals surface area contributed by atoms with Gasteiger partial charge in [-0.25, -0.2) is 15.0 Å². The standard InChI is InChI=1S/C19H20N6OS2/c1-3-4-7-28(26)19-17(20)16-13(15-5-6-23-25(15)2)8-14(24-18(16)27-19)12-9-21-11-22-10-12/h5-6,8-11H,3-4,7,20H2,1-2H3. The maximum Gasteiger partial charge on any atom is 0.232 e. The first-order chi connectivity index (χ1) is 13.6. The highest BCUT2D eigenvalue weighted by Crippen LogP contribution is 2.43. The van der Waals surface area contributed by atoms with Gasteiger partial charge in [0, 0.05) is 42.2 Å². The molecule has 7 nitrogen and oxygen atoms in total. The number of rotatable bonds is 6. The Morgan fingerprint density at radius 1 is 1.29 bits per heavy atom. The average Bonchev–Trinajstić information content (AvgIpc) is 3.29. The number of hydrogen-bond acceptors (Lipinski definition) is 7. The number of anilines is 1. The summed E-state index contributed by atoms with van der Waals surface area (Å²) in [5, 5.41) is 5.12. The summed E-state index contributed by atoms with van der Waals surface area (Å²) in [7, 11) is 1.88. The van der Waals surface area contributed by atoms with Gasteiger partial charge in [0.1, 0.15) is 22.6 Å². The molecule has 0 saturated heterocycles. The zero-order valence-electron chi connectivity index (χ0n) is 15.6. The van der Waals surface area contributed by atoms with Crippen LogP contribution in [0.15, 0.2) is 41.3 Å². The summed E-state index contributed by atoms with van der Waals surface area (Å²) >= 11 is 0.269. The predicted molar refractivity (Wildman–Crippen MR) is 113 cm³/mol. The van der Waals surface area contributed by atoms with E-state index in [0.717, 1.165) is 45.6 Å². The molecular weight excluding hydrogens is 392 g/mol. The van der Waals surface area contributed by atoms with Gasteiger partial charge in [0.15, 0.2) is 0 Å². The van der Waals surface area contributed by atoms with Crippen molar-refractivity contribution < 1.29 is 4.55 Å². The number of thiophene rings is 1. The molecule has 2 N–H and O–H groups in total. The van der Waals surface area contributed by atoms with Gasteiger partial charge in [0.2, 0.25) is 4.21 Å². The Labute approximate surface area is 169 Å². The van der Waals surface area contributed by atoms with Gasteiger partial charge in [0.05, 0.1) is 11.4 Å². The second kappa shape index (κ2) is 7.86. The van der Waals surface area contributed by atoms with Crippen LogP contribution in [0, 0.1) is 0 Å². The third-order valence-electron chi connectivity index (χ3n) is 4.51. The van der Waals surface area contributed by atoms with Gasteiger partial charge >= 0.3 is 0 Å². The molecule has 28 heavy (non-hydrogen) atoms. The van der Waals surface area contributed by atoms with E-state index in [-0.39, 0.29) is 0 Å². The molecule has 0 radical (unpaired) electrons. The number of unbranched alkanes of at least 4 members (excludes halogenated alkanes) is 1. The van der Waals surface area contributed by atoms with Gasteiger partial charge in [-0.15, -0.1) is 0 Å². The van der Waals surface area contributed by atoms with E-state index < -0.39 is 11.2 Å². The van der Waals surface area contributed by atoms with Crippen molar-refractivity contribution in [1.29, 1.82) is 0 Å². The van der Waals surface area contributed by atoms with Crippen LogP contribution in [0.5, 0.6) is 0 Å². The molecule has 0 saturated carbocycles. The van der Waals surface area contributed by atoms with Gasteiger partial charge in [0.25, 0.3) is 0 Å². The molecule has 9 heteroatoms. The monoisotopic (exact) mass is 412 g/mol. The fraction of sp³-hybridized carbons (Fsp3) is 0.263. The first kappa shape index (κ1) is 18.9. The normalized spacial score (nSPS) is 12.5. The average molecular weight is 413 g/mol. The molecule has 0 aliphatic carbocycles. The Balaban J connectivity index is 1.95. The Hall–Kier alpha value is -2.49. The van der Waals surface area contributed by atoms with E-state index in [1.165, 1.54) is 17.7 Å². The van der Waals surface area contributed by atoms with Crippen molar-refractivity contribution in [3.05, 3.63) is 37.1 Å². The first-order valence-corrected chi connectivity index (χ1v) is 11.1. The Morgan fingerprint density at radius 2 is 2.07 bits per heavy atom. The molecule has 0 aliphatic rings. The van der Waals surface area contributed by atoms with Gasteiger partial charge in [-0.1, -0.05) is 24.7 Å². The molecule has 4 aromatic heterocycles. The van der Waals surface area contributed by atoms with Crippen LogP contribution in [-0.4, -0.2) is 35.0 Å². The van der Waals surface area contributed by atoms with Crippen LogP contribution >= 0.6 is 11.3 Å². The fourth-order valence-corrected chi connectivity index (χ4v) is 5.85. The predicted octanol–water partition coefficient (Wildman–Crippen LogP) is 3.64. The topological polar surface area (TPSA) is 106 Å². The van der Waals surface area contributed by atoms with E-state index in [9.17, 15) is 4.55 Å². The highest BCUT2D eigenvalue weighted by Gasteiger charge is 2.25. The van der Waals surface area contributed by atoms with Crippen molar-refractivity contribution >= 4 is 38.4 Å². The lowest BCUT2D eigenvalue weighted by molar-refractivity contribution is 0.594. The summed E-state index contributed by atoms with van der Waals surface area (Å²) in [6.07, 6.45) is 8.58. The highest BCUT2D eigenvalue weighted by atomic mass is 32.2. The van der Waals surface area contributed by atoms with Crippen molar-refractivity contribution in [2.75, 3.05) is 11.5 Å². The Bertz CT molecular complexity index is 1110. The van der Waals surface area contributed by atoms with E-state index >= 15 is 0 Å². The Morgan fingerprint density at radius 3 is 2.75 bits per heavy atom. The molecule has 0 bridgehead atoms. The van der Waals surface area contributed by atoms with Crippen LogP contribution in [0.3, 0.4) is 0 Å². The van der Waals surface area contributed by atoms with Crippen LogP contribution < -0.4 is 5.73 Å². The second-order valence-corrected chi connectivity index (χ2v) is 9.17. The van der Waals surface area contributed by atoms with Crippen LogP contribution in [0.4, 0.5) is 5.69 Å². The molecule has 4 aromatic rings. The summed E-state index contributed by atoms with van der Waals surface area (Å²) in [5.41, 5.74) is 10.4. The number of aromatic nitrogens is 5. The number of pyridine rings is 1. The van der Waals surface area contributed by atoms with Gasteiger partial charge in [-0.05, 0) is 29.7 Å². The van der Waals surface area contributed by atoms with Crippen molar-refractivity contribution in [1.82, 2.24) is 24.7 Å². The molecule has 0 fully saturated rings. The molecule has 0 aromatic carbocycles. The van der Waals surface area contributed by atoms with Crippen LogP contribution in [0.25, 0.3) is 32.7 Å². The molecule has 0 aliphatic heterocycles. The van der Waals surface area contributed by atoms with Crippen LogP contribution in [-0.2, 0) is 18.2 Å².